The standard InChI is InChI=1S/C76H52O51/c77-32-1-22(2-33(78)53(32)92)66(102)113-47-16-27(11-42(87)58(47)97)71(107)122-112-21-52-63(119-123-72(108)28-12-43(88)59(98)48(17-28)114-67(103)23-3-34(79)54(93)35(80)4-23)64(120-124-73(109)29-13-44(89)60(99)49(18-29)115-68(104)24-5-36(81)55(94)37(82)6-24)65(121-125-74(110)30-14-45(90)61(100)50(19-30)116-69(105)25-7-38(83)56(95)39(84)8-25)76(118-52)127-126-75(111)31-15-46(91)62(101)51(20-31)117-70(106)26-9-40(85)57(96)41(86)10-26/h1-20,52,63-65,76-101H,21H2/t52-,63-,64+,65-,76+/m1/s1. The lowest BCUT2D eigenvalue weighted by molar-refractivity contribution is -0.480. The molecule has 1 aliphatic rings. The fourth-order valence-corrected chi connectivity index (χ4v) is 10.6. The van der Waals surface area contributed by atoms with E-state index in [0.717, 1.165) is 0 Å². The molecule has 51 heteroatoms. The van der Waals surface area contributed by atoms with Crippen LogP contribution in [0.15, 0.2) is 121 Å². The van der Waals surface area contributed by atoms with E-state index in [4.69, 9.17) is 77.3 Å². The number of phenolic OH excluding ortho intramolecular Hbond substituents is 25. The smallest absolute Gasteiger partial charge is 0.373 e. The Morgan fingerprint density at radius 3 is 0.598 bits per heavy atom. The highest BCUT2D eigenvalue weighted by Crippen LogP contribution is 2.47. The minimum atomic E-state index is -3.05. The fourth-order valence-electron chi connectivity index (χ4n) is 10.6. The molecule has 0 radical (unpaired) electrons. The van der Waals surface area contributed by atoms with Gasteiger partial charge in [0.2, 0.25) is 35.0 Å². The van der Waals surface area contributed by atoms with E-state index in [9.17, 15) is 176 Å². The zero-order valence-corrected chi connectivity index (χ0v) is 61.9. The van der Waals surface area contributed by atoms with Gasteiger partial charge in [0.15, 0.2) is 162 Å². The first-order valence-electron chi connectivity index (χ1n) is 34.0. The number of carbonyl (C=O) groups excluding carboxylic acids is 10. The van der Waals surface area contributed by atoms with Crippen molar-refractivity contribution in [1.29, 1.82) is 0 Å². The first kappa shape index (κ1) is 89.4. The van der Waals surface area contributed by atoms with Gasteiger partial charge in [0, 0.05) is 0 Å². The van der Waals surface area contributed by atoms with Crippen LogP contribution in [0.4, 0.5) is 0 Å². The van der Waals surface area contributed by atoms with Gasteiger partial charge in [-0.15, -0.1) is 4.89 Å². The Morgan fingerprint density at radius 1 is 0.205 bits per heavy atom. The highest BCUT2D eigenvalue weighted by atomic mass is 17.3. The predicted octanol–water partition coefficient (Wildman–Crippen LogP) is 4.50. The number of carbonyl (C=O) groups is 10. The molecule has 0 spiro atoms. The van der Waals surface area contributed by atoms with Gasteiger partial charge in [-0.2, -0.15) is 19.6 Å². The molecule has 1 heterocycles. The normalized spacial score (nSPS) is 14.5. The van der Waals surface area contributed by atoms with E-state index in [1.54, 1.807) is 0 Å². The molecule has 127 heavy (non-hydrogen) atoms. The van der Waals surface area contributed by atoms with Gasteiger partial charge in [0.05, 0.1) is 55.6 Å². The van der Waals surface area contributed by atoms with Crippen molar-refractivity contribution in [3.63, 3.8) is 0 Å². The van der Waals surface area contributed by atoms with Crippen molar-refractivity contribution >= 4 is 59.7 Å². The molecule has 0 bridgehead atoms. The number of rotatable bonds is 26. The van der Waals surface area contributed by atoms with Crippen LogP contribution in [0.25, 0.3) is 0 Å². The molecule has 662 valence electrons. The lowest BCUT2D eigenvalue weighted by atomic mass is 9.99. The molecule has 51 nitrogen and oxygen atoms in total. The Labute approximate surface area is 697 Å². The zero-order chi connectivity index (χ0) is 92.9. The van der Waals surface area contributed by atoms with Crippen molar-refractivity contribution in [1.82, 2.24) is 0 Å². The molecule has 1 fully saturated rings. The molecule has 11 rings (SSSR count). The number of benzene rings is 10. The van der Waals surface area contributed by atoms with Gasteiger partial charge in [-0.3, -0.25) is 24.4 Å². The molecule has 0 saturated carbocycles. The van der Waals surface area contributed by atoms with Gasteiger partial charge in [-0.05, 0) is 121 Å². The number of hydrogen-bond donors (Lipinski definition) is 25. The van der Waals surface area contributed by atoms with Crippen LogP contribution >= 0.6 is 0 Å². The van der Waals surface area contributed by atoms with Gasteiger partial charge < -0.3 is 156 Å². The van der Waals surface area contributed by atoms with Crippen molar-refractivity contribution in [3.05, 3.63) is 177 Å². The number of esters is 5. The van der Waals surface area contributed by atoms with Crippen LogP contribution in [0.1, 0.15) is 104 Å². The Kier molecular flexibility index (Phi) is 25.6. The van der Waals surface area contributed by atoms with Crippen molar-refractivity contribution < 1.29 is 253 Å². The summed E-state index contributed by atoms with van der Waals surface area (Å²) in [5.74, 6) is -54.7. The van der Waals surface area contributed by atoms with E-state index in [1.807, 2.05) is 0 Å². The molecule has 1 aliphatic heterocycles. The molecule has 0 aliphatic carbocycles. The van der Waals surface area contributed by atoms with Gasteiger partial charge in [0.1, 0.15) is 12.7 Å². The molecule has 25 N–H and O–H groups in total. The summed E-state index contributed by atoms with van der Waals surface area (Å²) in [6, 6.07) is 8.90. The average molecular weight is 1780 g/mol. The highest BCUT2D eigenvalue weighted by Gasteiger charge is 2.55. The third-order valence-electron chi connectivity index (χ3n) is 16.9. The number of aromatic hydroxyl groups is 25. The second-order valence-corrected chi connectivity index (χ2v) is 25.4. The lowest BCUT2D eigenvalue weighted by Gasteiger charge is -2.41. The SMILES string of the molecule is O=C(OOC[C@H]1O[C@@H](OOC(=O)c2cc(O)c(O)c(OC(=O)c3cc(O)c(O)c(O)c3)c2)[C@H](OOC(=O)c2cc(O)c(O)c(OC(=O)c3cc(O)c(O)c(O)c3)c2)[C@@H](OOC(=O)c2cc(O)c(O)c(OC(=O)c3cc(O)c(O)c(O)c3)c2)[C@@H]1OOC(=O)c1cc(O)c(O)c(OC(=O)c2cc(O)c(O)c(O)c2)c1)c1cc(O)c(O)c(OC(=O)c2cc(O)c(O)c(O)c2)c1. The molecule has 0 aromatic heterocycles. The lowest BCUT2D eigenvalue weighted by Crippen LogP contribution is -2.62. The van der Waals surface area contributed by atoms with E-state index in [2.05, 4.69) is 0 Å². The van der Waals surface area contributed by atoms with Crippen molar-refractivity contribution in [2.24, 2.45) is 0 Å². The van der Waals surface area contributed by atoms with Crippen LogP contribution in [-0.2, 0) is 53.6 Å². The summed E-state index contributed by atoms with van der Waals surface area (Å²) >= 11 is 0. The maximum atomic E-state index is 14.5. The van der Waals surface area contributed by atoms with Gasteiger partial charge in [-0.1, -0.05) is 0 Å². The van der Waals surface area contributed by atoms with Crippen LogP contribution in [0.2, 0.25) is 0 Å². The minimum Gasteiger partial charge on any atom is -0.504 e. The molecule has 1 saturated heterocycles. The Hall–Kier alpha value is -18.3. The summed E-state index contributed by atoms with van der Waals surface area (Å²) in [5, 5.41) is 258. The maximum absolute atomic E-state index is 14.5. The quantitative estimate of drug-likeness (QED) is 0.0117. The predicted molar refractivity (Wildman–Crippen MR) is 388 cm³/mol. The molecule has 5 atom stereocenters. The summed E-state index contributed by atoms with van der Waals surface area (Å²) < 4.78 is 31.2. The van der Waals surface area contributed by atoms with Gasteiger partial charge in [-0.25, -0.2) is 47.9 Å². The average Bonchev–Trinajstić information content (AvgIpc) is 0.777. The second-order valence-electron chi connectivity index (χ2n) is 25.4. The van der Waals surface area contributed by atoms with Crippen LogP contribution in [-0.4, -0.2) is 225 Å². The van der Waals surface area contributed by atoms with Crippen LogP contribution in [0.5, 0.6) is 172 Å². The van der Waals surface area contributed by atoms with E-state index in [1.165, 1.54) is 0 Å². The minimum absolute atomic E-state index is 0.320. The molecule has 0 amide bonds. The van der Waals surface area contributed by atoms with Gasteiger partial charge in [0.25, 0.3) is 0 Å². The highest BCUT2D eigenvalue weighted by molar-refractivity contribution is 6.00. The molecule has 0 unspecified atom stereocenters. The third kappa shape index (κ3) is 19.6. The number of phenols is 25. The molecular formula is C76H52O51. The van der Waals surface area contributed by atoms with E-state index in [0.29, 0.717) is 121 Å². The summed E-state index contributed by atoms with van der Waals surface area (Å²) in [6.45, 7) is -1.67. The third-order valence-corrected chi connectivity index (χ3v) is 16.9. The largest absolute Gasteiger partial charge is 0.504 e. The topological polar surface area (TPSA) is 824 Å². The number of ether oxygens (including phenoxy) is 6. The Balaban J connectivity index is 1.02. The van der Waals surface area contributed by atoms with Crippen LogP contribution < -0.4 is 23.7 Å². The van der Waals surface area contributed by atoms with E-state index in [-0.39, 0.29) is 0 Å². The van der Waals surface area contributed by atoms with E-state index < -0.39 is 325 Å². The molecule has 10 aromatic carbocycles. The zero-order valence-electron chi connectivity index (χ0n) is 61.9. The monoisotopic (exact) mass is 1780 g/mol. The molecular weight excluding hydrogens is 1730 g/mol. The summed E-state index contributed by atoms with van der Waals surface area (Å²) in [4.78, 5) is 190. The molecule has 10 aromatic rings. The van der Waals surface area contributed by atoms with E-state index >= 15 is 0 Å². The second kappa shape index (κ2) is 36.3. The summed E-state index contributed by atoms with van der Waals surface area (Å²) in [7, 11) is 0. The fraction of sp³-hybridized carbons (Fsp3) is 0.0789. The Bertz CT molecular complexity index is 6070. The van der Waals surface area contributed by atoms with Crippen LogP contribution in [0, 0.1) is 0 Å². The van der Waals surface area contributed by atoms with Crippen molar-refractivity contribution in [3.8, 4) is 172 Å². The maximum Gasteiger partial charge on any atom is 0.373 e. The summed E-state index contributed by atoms with van der Waals surface area (Å²) in [5.41, 5.74) is -9.48. The van der Waals surface area contributed by atoms with Gasteiger partial charge >= 0.3 is 59.7 Å². The van der Waals surface area contributed by atoms with Crippen molar-refractivity contribution in [2.45, 2.75) is 30.7 Å². The van der Waals surface area contributed by atoms with Crippen LogP contribution in [0.3, 0.4) is 0 Å². The summed E-state index contributed by atoms with van der Waals surface area (Å²) in [6.07, 6.45) is -14.7. The van der Waals surface area contributed by atoms with Crippen molar-refractivity contribution in [2.75, 3.05) is 6.61 Å². The number of hydrogen-bond acceptors (Lipinski definition) is 51. The first-order valence-corrected chi connectivity index (χ1v) is 34.0. The Morgan fingerprint density at radius 2 is 0.378 bits per heavy atom. The first-order chi connectivity index (χ1) is 59.9.